The predicted molar refractivity (Wildman–Crippen MR) is 129 cm³/mol. The minimum absolute atomic E-state index is 0. The lowest BCUT2D eigenvalue weighted by Gasteiger charge is -2.16. The second-order valence-electron chi connectivity index (χ2n) is 6.17. The average molecular weight is 530 g/mol. The van der Waals surface area contributed by atoms with Gasteiger partial charge < -0.3 is 29.6 Å². The summed E-state index contributed by atoms with van der Waals surface area (Å²) in [5.41, 5.74) is 2.01. The molecule has 8 nitrogen and oxygen atoms in total. The van der Waals surface area contributed by atoms with E-state index >= 15 is 0 Å². The fraction of sp³-hybridized carbons (Fsp3) is 0.429. The molecule has 0 radical (unpaired) electrons. The molecule has 0 aliphatic rings. The van der Waals surface area contributed by atoms with Crippen molar-refractivity contribution in [3.63, 3.8) is 0 Å². The van der Waals surface area contributed by atoms with Crippen molar-refractivity contribution < 1.29 is 18.9 Å². The van der Waals surface area contributed by atoms with Crippen LogP contribution in [-0.4, -0.2) is 45.9 Å². The molecule has 0 saturated heterocycles. The first-order chi connectivity index (χ1) is 14.1. The summed E-state index contributed by atoms with van der Waals surface area (Å²) in [7, 11) is 6.51. The number of hydrogen-bond acceptors (Lipinski definition) is 6. The Bertz CT molecular complexity index is 775. The molecule has 0 amide bonds. The Morgan fingerprint density at radius 3 is 2.07 bits per heavy atom. The molecule has 0 aliphatic heterocycles. The number of methoxy groups -OCH3 is 3. The van der Waals surface area contributed by atoms with Crippen molar-refractivity contribution in [1.82, 2.24) is 15.6 Å². The predicted octanol–water partition coefficient (Wildman–Crippen LogP) is 3.38. The van der Waals surface area contributed by atoms with E-state index in [1.807, 2.05) is 24.3 Å². The van der Waals surface area contributed by atoms with Crippen LogP contribution in [0.15, 0.2) is 35.5 Å². The Hall–Kier alpha value is -2.43. The normalized spacial score (nSPS) is 10.6. The first-order valence-electron chi connectivity index (χ1n) is 9.46. The van der Waals surface area contributed by atoms with Crippen LogP contribution in [-0.2, 0) is 13.1 Å². The largest absolute Gasteiger partial charge is 0.493 e. The highest BCUT2D eigenvalue weighted by Crippen LogP contribution is 2.38. The van der Waals surface area contributed by atoms with E-state index < -0.39 is 0 Å². The first-order valence-corrected chi connectivity index (χ1v) is 9.46. The zero-order valence-electron chi connectivity index (χ0n) is 18.2. The maximum absolute atomic E-state index is 5.50. The molecule has 166 valence electrons. The Balaban J connectivity index is 0.00000450. The van der Waals surface area contributed by atoms with Gasteiger partial charge in [0.15, 0.2) is 17.5 Å². The number of ether oxygens (including phenoxy) is 4. The van der Waals surface area contributed by atoms with Gasteiger partial charge in [-0.1, -0.05) is 13.0 Å². The number of aliphatic imine (C=N–C) groups is 1. The van der Waals surface area contributed by atoms with E-state index in [4.69, 9.17) is 18.9 Å². The number of rotatable bonds is 10. The molecule has 2 aromatic rings. The van der Waals surface area contributed by atoms with E-state index in [-0.39, 0.29) is 24.0 Å². The SMILES string of the molecule is CCCOc1ccc(CNC(=NC)NCc2cc(OC)c(OC)c(OC)c2)cn1.I. The first kappa shape index (κ1) is 25.6. The monoisotopic (exact) mass is 530 g/mol. The van der Waals surface area contributed by atoms with Crippen LogP contribution in [0.3, 0.4) is 0 Å². The van der Waals surface area contributed by atoms with Crippen molar-refractivity contribution in [2.45, 2.75) is 26.4 Å². The summed E-state index contributed by atoms with van der Waals surface area (Å²) in [4.78, 5) is 8.56. The third kappa shape index (κ3) is 7.43. The molecule has 0 spiro atoms. The van der Waals surface area contributed by atoms with Crippen molar-refractivity contribution >= 4 is 29.9 Å². The Labute approximate surface area is 195 Å². The van der Waals surface area contributed by atoms with Crippen molar-refractivity contribution in [2.24, 2.45) is 4.99 Å². The number of pyridine rings is 1. The maximum Gasteiger partial charge on any atom is 0.213 e. The summed E-state index contributed by atoms with van der Waals surface area (Å²) < 4.78 is 21.7. The van der Waals surface area contributed by atoms with Crippen LogP contribution in [0.4, 0.5) is 0 Å². The minimum Gasteiger partial charge on any atom is -0.493 e. The number of aromatic nitrogens is 1. The lowest BCUT2D eigenvalue weighted by Crippen LogP contribution is -2.36. The summed E-state index contributed by atoms with van der Waals surface area (Å²) >= 11 is 0. The van der Waals surface area contributed by atoms with Gasteiger partial charge in [0.1, 0.15) is 0 Å². The smallest absolute Gasteiger partial charge is 0.213 e. The molecule has 2 rings (SSSR count). The number of benzene rings is 1. The van der Waals surface area contributed by atoms with Crippen molar-refractivity contribution in [3.8, 4) is 23.1 Å². The van der Waals surface area contributed by atoms with E-state index in [1.165, 1.54) is 0 Å². The molecule has 1 aromatic carbocycles. The second-order valence-corrected chi connectivity index (χ2v) is 6.17. The van der Waals surface area contributed by atoms with E-state index in [0.717, 1.165) is 17.5 Å². The zero-order valence-corrected chi connectivity index (χ0v) is 20.5. The molecule has 0 saturated carbocycles. The summed E-state index contributed by atoms with van der Waals surface area (Å²) in [6, 6.07) is 7.66. The topological polar surface area (TPSA) is 86.2 Å². The third-order valence-corrected chi connectivity index (χ3v) is 4.12. The number of guanidine groups is 1. The van der Waals surface area contributed by atoms with E-state index in [2.05, 4.69) is 27.5 Å². The average Bonchev–Trinajstić information content (AvgIpc) is 2.77. The van der Waals surface area contributed by atoms with Crippen LogP contribution in [0, 0.1) is 0 Å². The van der Waals surface area contributed by atoms with Crippen LogP contribution in [0.1, 0.15) is 24.5 Å². The van der Waals surface area contributed by atoms with Crippen molar-refractivity contribution in [1.29, 1.82) is 0 Å². The van der Waals surface area contributed by atoms with E-state index in [9.17, 15) is 0 Å². The number of nitrogens with one attached hydrogen (secondary N) is 2. The van der Waals surface area contributed by atoms with Gasteiger partial charge in [-0.05, 0) is 29.7 Å². The number of halogens is 1. The fourth-order valence-electron chi connectivity index (χ4n) is 2.64. The molecule has 0 bridgehead atoms. The molecule has 30 heavy (non-hydrogen) atoms. The van der Waals surface area contributed by atoms with Crippen LogP contribution >= 0.6 is 24.0 Å². The van der Waals surface area contributed by atoms with Gasteiger partial charge in [0, 0.05) is 32.4 Å². The number of hydrogen-bond donors (Lipinski definition) is 2. The Kier molecular flexibility index (Phi) is 11.7. The minimum atomic E-state index is 0. The number of nitrogens with zero attached hydrogens (tertiary/aromatic N) is 2. The summed E-state index contributed by atoms with van der Waals surface area (Å²) in [6.07, 6.45) is 2.75. The zero-order chi connectivity index (χ0) is 21.1. The van der Waals surface area contributed by atoms with Gasteiger partial charge in [0.25, 0.3) is 0 Å². The quantitative estimate of drug-likeness (QED) is 0.277. The van der Waals surface area contributed by atoms with Gasteiger partial charge in [-0.2, -0.15) is 0 Å². The molecule has 0 unspecified atom stereocenters. The third-order valence-electron chi connectivity index (χ3n) is 4.12. The van der Waals surface area contributed by atoms with Crippen LogP contribution in [0.25, 0.3) is 0 Å². The highest BCUT2D eigenvalue weighted by molar-refractivity contribution is 14.0. The van der Waals surface area contributed by atoms with Gasteiger partial charge in [0.2, 0.25) is 11.6 Å². The molecule has 0 atom stereocenters. The van der Waals surface area contributed by atoms with Crippen LogP contribution in [0.2, 0.25) is 0 Å². The highest BCUT2D eigenvalue weighted by Gasteiger charge is 2.13. The Morgan fingerprint density at radius 1 is 0.967 bits per heavy atom. The highest BCUT2D eigenvalue weighted by atomic mass is 127. The molecule has 2 N–H and O–H groups in total. The molecular weight excluding hydrogens is 499 g/mol. The molecule has 1 heterocycles. The van der Waals surface area contributed by atoms with Crippen LogP contribution < -0.4 is 29.6 Å². The summed E-state index contributed by atoms with van der Waals surface area (Å²) in [5.74, 6) is 3.11. The van der Waals surface area contributed by atoms with Gasteiger partial charge in [0.05, 0.1) is 27.9 Å². The molecule has 0 fully saturated rings. The molecule has 1 aromatic heterocycles. The fourth-order valence-corrected chi connectivity index (χ4v) is 2.64. The molecule has 0 aliphatic carbocycles. The van der Waals surface area contributed by atoms with Gasteiger partial charge in [-0.25, -0.2) is 4.98 Å². The van der Waals surface area contributed by atoms with Crippen LogP contribution in [0.5, 0.6) is 23.1 Å². The van der Waals surface area contributed by atoms with Gasteiger partial charge in [-0.3, -0.25) is 4.99 Å². The summed E-state index contributed by atoms with van der Waals surface area (Å²) in [6.45, 7) is 3.87. The molecular formula is C21H31IN4O4. The second kappa shape index (κ2) is 13.7. The standard InChI is InChI=1S/C21H30N4O4.HI/c1-6-9-29-19-8-7-15(12-23-19)13-24-21(22-2)25-14-16-10-17(26-3)20(28-5)18(11-16)27-4;/h7-8,10-12H,6,9,13-14H2,1-5H3,(H2,22,24,25);1H. The molecule has 9 heteroatoms. The maximum atomic E-state index is 5.50. The van der Waals surface area contributed by atoms with E-state index in [1.54, 1.807) is 34.6 Å². The lowest BCUT2D eigenvalue weighted by atomic mass is 10.2. The lowest BCUT2D eigenvalue weighted by molar-refractivity contribution is 0.305. The van der Waals surface area contributed by atoms with Gasteiger partial charge in [-0.15, -0.1) is 24.0 Å². The van der Waals surface area contributed by atoms with E-state index in [0.29, 0.717) is 48.8 Å². The summed E-state index contributed by atoms with van der Waals surface area (Å²) in [5, 5.41) is 6.55. The van der Waals surface area contributed by atoms with Crippen molar-refractivity contribution in [2.75, 3.05) is 35.0 Å². The van der Waals surface area contributed by atoms with Gasteiger partial charge >= 0.3 is 0 Å². The van der Waals surface area contributed by atoms with Crippen molar-refractivity contribution in [3.05, 3.63) is 41.6 Å². The Morgan fingerprint density at radius 2 is 1.60 bits per heavy atom.